The fourth-order valence-electron chi connectivity index (χ4n) is 4.29. The number of ether oxygens (including phenoxy) is 1. The maximum absolute atomic E-state index is 15.0. The van der Waals surface area contributed by atoms with Gasteiger partial charge < -0.3 is 10.1 Å². The summed E-state index contributed by atoms with van der Waals surface area (Å²) in [4.78, 5) is 28.8. The Labute approximate surface area is 202 Å². The molecule has 0 aliphatic carbocycles. The molecule has 35 heavy (non-hydrogen) atoms. The van der Waals surface area contributed by atoms with Crippen LogP contribution < -0.4 is 10.2 Å². The second kappa shape index (κ2) is 10.8. The Bertz CT molecular complexity index is 1140. The Morgan fingerprint density at radius 2 is 1.86 bits per heavy atom. The van der Waals surface area contributed by atoms with Crippen LogP contribution in [-0.4, -0.2) is 73.7 Å². The molecule has 2 saturated heterocycles. The van der Waals surface area contributed by atoms with Crippen LogP contribution in [0.1, 0.15) is 12.5 Å². The van der Waals surface area contributed by atoms with Gasteiger partial charge in [-0.15, -0.1) is 0 Å². The summed E-state index contributed by atoms with van der Waals surface area (Å²) < 4.78 is 35.1. The molecule has 2 fully saturated rings. The molecule has 2 amide bonds. The lowest BCUT2D eigenvalue weighted by molar-refractivity contribution is -0.119. The highest BCUT2D eigenvalue weighted by atomic mass is 19.1. The molecule has 2 heterocycles. The van der Waals surface area contributed by atoms with Crippen molar-refractivity contribution < 1.29 is 23.1 Å². The van der Waals surface area contributed by atoms with Gasteiger partial charge in [0.15, 0.2) is 0 Å². The van der Waals surface area contributed by atoms with Gasteiger partial charge in [-0.2, -0.15) is 5.26 Å². The van der Waals surface area contributed by atoms with Crippen molar-refractivity contribution in [2.75, 3.05) is 50.7 Å². The number of piperazine rings is 1. The Balaban J connectivity index is 1.41. The summed E-state index contributed by atoms with van der Waals surface area (Å²) >= 11 is 0. The minimum atomic E-state index is -0.614. The number of nitrogens with zero attached hydrogens (tertiary/aromatic N) is 4. The second-order valence-electron chi connectivity index (χ2n) is 8.73. The lowest BCUT2D eigenvalue weighted by Gasteiger charge is -2.33. The van der Waals surface area contributed by atoms with E-state index in [0.717, 1.165) is 26.2 Å². The number of halogens is 2. The van der Waals surface area contributed by atoms with Crippen LogP contribution in [-0.2, 0) is 16.1 Å². The van der Waals surface area contributed by atoms with Gasteiger partial charge in [0.1, 0.15) is 17.7 Å². The van der Waals surface area contributed by atoms with E-state index in [0.29, 0.717) is 29.9 Å². The number of nitriles is 1. The average molecular weight is 484 g/mol. The van der Waals surface area contributed by atoms with Crippen molar-refractivity contribution in [2.45, 2.75) is 19.6 Å². The Kier molecular flexibility index (Phi) is 7.58. The molecule has 0 bridgehead atoms. The summed E-state index contributed by atoms with van der Waals surface area (Å²) in [6.07, 6.45) is -1.14. The van der Waals surface area contributed by atoms with Gasteiger partial charge in [-0.05, 0) is 29.8 Å². The molecule has 184 valence electrons. The van der Waals surface area contributed by atoms with E-state index in [9.17, 15) is 18.4 Å². The second-order valence-corrected chi connectivity index (χ2v) is 8.73. The van der Waals surface area contributed by atoms with Crippen LogP contribution in [0, 0.1) is 23.0 Å². The van der Waals surface area contributed by atoms with Gasteiger partial charge in [0.25, 0.3) is 0 Å². The number of carbonyl (C=O) groups excluding carboxylic acids is 2. The van der Waals surface area contributed by atoms with Crippen molar-refractivity contribution in [3.63, 3.8) is 0 Å². The number of rotatable bonds is 7. The van der Waals surface area contributed by atoms with E-state index >= 15 is 0 Å². The van der Waals surface area contributed by atoms with Crippen LogP contribution in [0.4, 0.5) is 19.3 Å². The summed E-state index contributed by atoms with van der Waals surface area (Å²) in [5.41, 5.74) is 1.49. The third-order valence-electron chi connectivity index (χ3n) is 6.23. The quantitative estimate of drug-likeness (QED) is 0.610. The fraction of sp³-hybridized carbons (Fsp3) is 0.400. The molecule has 2 aliphatic rings. The van der Waals surface area contributed by atoms with Gasteiger partial charge in [0.05, 0.1) is 31.4 Å². The molecular weight excluding hydrogens is 456 g/mol. The van der Waals surface area contributed by atoms with Gasteiger partial charge in [-0.3, -0.25) is 19.5 Å². The number of anilines is 1. The van der Waals surface area contributed by atoms with Crippen molar-refractivity contribution in [3.8, 4) is 17.2 Å². The summed E-state index contributed by atoms with van der Waals surface area (Å²) in [5.74, 6) is -1.22. The lowest BCUT2D eigenvalue weighted by Crippen LogP contribution is -2.45. The lowest BCUT2D eigenvalue weighted by atomic mass is 10.0. The Morgan fingerprint density at radius 1 is 1.11 bits per heavy atom. The molecule has 0 unspecified atom stereocenters. The predicted octanol–water partition coefficient (Wildman–Crippen LogP) is 2.73. The smallest absolute Gasteiger partial charge is 0.414 e. The van der Waals surface area contributed by atoms with Crippen LogP contribution in [0.15, 0.2) is 36.4 Å². The predicted molar refractivity (Wildman–Crippen MR) is 125 cm³/mol. The van der Waals surface area contributed by atoms with E-state index in [1.807, 2.05) is 0 Å². The number of carbonyl (C=O) groups is 2. The van der Waals surface area contributed by atoms with Crippen molar-refractivity contribution in [1.82, 2.24) is 15.1 Å². The van der Waals surface area contributed by atoms with Crippen LogP contribution in [0.2, 0.25) is 0 Å². The van der Waals surface area contributed by atoms with E-state index in [4.69, 9.17) is 10.00 Å². The van der Waals surface area contributed by atoms with Gasteiger partial charge in [-0.25, -0.2) is 13.6 Å². The van der Waals surface area contributed by atoms with E-state index in [1.54, 1.807) is 18.2 Å². The molecule has 1 atom stereocenters. The topological polar surface area (TPSA) is 88.9 Å². The van der Waals surface area contributed by atoms with Gasteiger partial charge in [0.2, 0.25) is 5.91 Å². The zero-order valence-electron chi connectivity index (χ0n) is 19.5. The number of hydrogen-bond donors (Lipinski definition) is 1. The molecule has 10 heteroatoms. The highest BCUT2D eigenvalue weighted by Crippen LogP contribution is 2.30. The average Bonchev–Trinajstić information content (AvgIpc) is 3.21. The number of nitrogens with one attached hydrogen (secondary N) is 1. The summed E-state index contributed by atoms with van der Waals surface area (Å²) in [7, 11) is 0. The first-order chi connectivity index (χ1) is 16.8. The molecule has 0 spiro atoms. The summed E-state index contributed by atoms with van der Waals surface area (Å²) in [5, 5.41) is 11.4. The molecule has 2 aromatic rings. The van der Waals surface area contributed by atoms with E-state index in [1.165, 1.54) is 30.0 Å². The van der Waals surface area contributed by atoms with Gasteiger partial charge in [-0.1, -0.05) is 12.1 Å². The molecule has 8 nitrogen and oxygen atoms in total. The van der Waals surface area contributed by atoms with E-state index in [-0.39, 0.29) is 24.6 Å². The molecule has 2 aliphatic heterocycles. The zero-order valence-corrected chi connectivity index (χ0v) is 19.5. The van der Waals surface area contributed by atoms with E-state index < -0.39 is 23.8 Å². The van der Waals surface area contributed by atoms with Gasteiger partial charge >= 0.3 is 6.09 Å². The van der Waals surface area contributed by atoms with Crippen LogP contribution in [0.25, 0.3) is 11.1 Å². The number of hydrogen-bond acceptors (Lipinski definition) is 6. The first-order valence-corrected chi connectivity index (χ1v) is 11.5. The molecule has 1 N–H and O–H groups in total. The summed E-state index contributed by atoms with van der Waals surface area (Å²) in [6.45, 7) is 5.63. The Hall–Kier alpha value is -3.55. The molecule has 0 saturated carbocycles. The first-order valence-electron chi connectivity index (χ1n) is 11.5. The third kappa shape index (κ3) is 5.93. The van der Waals surface area contributed by atoms with Crippen molar-refractivity contribution in [3.05, 3.63) is 53.6 Å². The van der Waals surface area contributed by atoms with Crippen LogP contribution in [0.5, 0.6) is 0 Å². The molecular formula is C25H27F2N5O3. The molecule has 0 aromatic heterocycles. The van der Waals surface area contributed by atoms with Crippen molar-refractivity contribution in [2.24, 2.45) is 0 Å². The third-order valence-corrected chi connectivity index (χ3v) is 6.23. The minimum absolute atomic E-state index is 0.180. The molecule has 4 rings (SSSR count). The number of benzene rings is 2. The maximum atomic E-state index is 15.0. The van der Waals surface area contributed by atoms with Crippen LogP contribution in [0.3, 0.4) is 0 Å². The minimum Gasteiger partial charge on any atom is -0.442 e. The van der Waals surface area contributed by atoms with E-state index in [2.05, 4.69) is 21.2 Å². The Morgan fingerprint density at radius 3 is 2.51 bits per heavy atom. The highest BCUT2D eigenvalue weighted by molar-refractivity contribution is 5.90. The normalized spacial score (nSPS) is 18.9. The number of amides is 2. The zero-order chi connectivity index (χ0) is 24.9. The number of cyclic esters (lactones) is 1. The van der Waals surface area contributed by atoms with Crippen molar-refractivity contribution in [1.29, 1.82) is 5.26 Å². The molecule has 2 aromatic carbocycles. The SMILES string of the molecule is CC(=O)NC[C@H]1CN(c2ccc(-c3ccc(CN4CCN(CC#N)CC4)c(F)c3)c(F)c2)C(=O)O1. The fourth-order valence-corrected chi connectivity index (χ4v) is 4.29. The standard InChI is InChI=1S/C25H27F2N5O3/c1-17(33)29-14-21-16-32(25(34)35-21)20-4-5-22(24(27)13-20)18-2-3-19(23(26)12-18)15-31-10-8-30(7-6-28)9-11-31/h2-5,12-13,21H,7-11,14-16H2,1H3,(H,29,33)/t21-/m0/s1. The van der Waals surface area contributed by atoms with Gasteiger partial charge in [0, 0.05) is 50.8 Å². The summed E-state index contributed by atoms with van der Waals surface area (Å²) in [6, 6.07) is 11.2. The van der Waals surface area contributed by atoms with Crippen molar-refractivity contribution >= 4 is 17.7 Å². The molecule has 0 radical (unpaired) electrons. The monoisotopic (exact) mass is 483 g/mol. The largest absolute Gasteiger partial charge is 0.442 e. The first kappa shape index (κ1) is 24.6. The maximum Gasteiger partial charge on any atom is 0.414 e. The highest BCUT2D eigenvalue weighted by Gasteiger charge is 2.32. The van der Waals surface area contributed by atoms with Crippen LogP contribution >= 0.6 is 0 Å².